The van der Waals surface area contributed by atoms with Crippen LogP contribution in [-0.2, 0) is 0 Å². The lowest BCUT2D eigenvalue weighted by Crippen LogP contribution is -2.36. The fourth-order valence-corrected chi connectivity index (χ4v) is 5.03. The molecule has 1 aromatic carbocycles. The molecule has 0 radical (unpaired) electrons. The number of hydrogen-bond donors (Lipinski definition) is 1. The molecule has 2 fully saturated rings. The number of nitrogens with zero attached hydrogens (tertiary/aromatic N) is 5. The highest BCUT2D eigenvalue weighted by Crippen LogP contribution is 2.45. The summed E-state index contributed by atoms with van der Waals surface area (Å²) in [7, 11) is 0. The maximum atomic E-state index is 11.5. The molecule has 6 heteroatoms. The fourth-order valence-electron chi connectivity index (χ4n) is 5.03. The summed E-state index contributed by atoms with van der Waals surface area (Å²) in [6, 6.07) is 10.6. The van der Waals surface area contributed by atoms with Gasteiger partial charge in [-0.3, -0.25) is 0 Å². The number of aliphatic hydroxyl groups is 1. The van der Waals surface area contributed by atoms with Gasteiger partial charge in [-0.2, -0.15) is 0 Å². The fraction of sp³-hybridized carbons (Fsp3) is 0.375. The lowest BCUT2D eigenvalue weighted by Gasteiger charge is -2.36. The van der Waals surface area contributed by atoms with E-state index in [2.05, 4.69) is 48.5 Å². The zero-order chi connectivity index (χ0) is 20.1. The molecule has 4 aromatic rings. The van der Waals surface area contributed by atoms with Crippen molar-refractivity contribution in [2.24, 2.45) is 5.92 Å². The summed E-state index contributed by atoms with van der Waals surface area (Å²) in [6.45, 7) is 1.85. The van der Waals surface area contributed by atoms with Crippen LogP contribution in [0.3, 0.4) is 0 Å². The predicted octanol–water partition coefficient (Wildman–Crippen LogP) is 4.10. The summed E-state index contributed by atoms with van der Waals surface area (Å²) in [6.07, 6.45) is 11.1. The molecule has 1 saturated heterocycles. The van der Waals surface area contributed by atoms with Gasteiger partial charge in [-0.25, -0.2) is 15.0 Å². The van der Waals surface area contributed by atoms with E-state index in [9.17, 15) is 5.11 Å². The van der Waals surface area contributed by atoms with Crippen LogP contribution in [0.25, 0.3) is 16.4 Å². The Morgan fingerprint density at radius 1 is 0.967 bits per heavy atom. The first-order chi connectivity index (χ1) is 14.8. The molecule has 1 aliphatic carbocycles. The third-order valence-electron chi connectivity index (χ3n) is 6.81. The number of imidazole rings is 1. The lowest BCUT2D eigenvalue weighted by molar-refractivity contribution is 0.0871. The Balaban J connectivity index is 1.27. The van der Waals surface area contributed by atoms with Crippen molar-refractivity contribution in [3.63, 3.8) is 0 Å². The van der Waals surface area contributed by atoms with Gasteiger partial charge < -0.3 is 14.4 Å². The third kappa shape index (κ3) is 2.94. The van der Waals surface area contributed by atoms with Crippen LogP contribution in [0.4, 0.5) is 5.69 Å². The number of piperidine rings is 1. The Labute approximate surface area is 175 Å². The molecule has 1 aliphatic heterocycles. The Hall–Kier alpha value is -2.99. The highest BCUT2D eigenvalue weighted by molar-refractivity contribution is 5.91. The van der Waals surface area contributed by atoms with Gasteiger partial charge in [-0.1, -0.05) is 12.1 Å². The SMILES string of the molecule is OC(c1c(C2CC2)ccc2cncn12)C1CCN(c2cccc3ncncc23)CC1. The molecule has 0 bridgehead atoms. The average molecular weight is 399 g/mol. The predicted molar refractivity (Wildman–Crippen MR) is 117 cm³/mol. The van der Waals surface area contributed by atoms with Crippen LogP contribution in [0.5, 0.6) is 0 Å². The van der Waals surface area contributed by atoms with E-state index in [1.54, 1.807) is 6.33 Å². The number of hydrogen-bond acceptors (Lipinski definition) is 5. The Bertz CT molecular complexity index is 1200. The maximum Gasteiger partial charge on any atom is 0.116 e. The first-order valence-corrected chi connectivity index (χ1v) is 10.9. The zero-order valence-corrected chi connectivity index (χ0v) is 16.9. The molecule has 152 valence electrons. The molecule has 30 heavy (non-hydrogen) atoms. The van der Waals surface area contributed by atoms with Gasteiger partial charge in [0.05, 0.1) is 35.4 Å². The average Bonchev–Trinajstić information content (AvgIpc) is 3.54. The number of aromatic nitrogens is 4. The van der Waals surface area contributed by atoms with Crippen LogP contribution in [0, 0.1) is 5.92 Å². The first-order valence-electron chi connectivity index (χ1n) is 10.9. The number of anilines is 1. The topological polar surface area (TPSA) is 66.6 Å². The maximum absolute atomic E-state index is 11.5. The largest absolute Gasteiger partial charge is 0.387 e. The summed E-state index contributed by atoms with van der Waals surface area (Å²) >= 11 is 0. The molecule has 1 N–H and O–H groups in total. The Morgan fingerprint density at radius 3 is 2.67 bits per heavy atom. The molecule has 6 rings (SSSR count). The van der Waals surface area contributed by atoms with Gasteiger partial charge in [0.2, 0.25) is 0 Å². The van der Waals surface area contributed by atoms with Crippen LogP contribution in [0.15, 0.2) is 55.4 Å². The van der Waals surface area contributed by atoms with Gasteiger partial charge in [0.25, 0.3) is 0 Å². The van der Waals surface area contributed by atoms with Crippen molar-refractivity contribution >= 4 is 22.1 Å². The summed E-state index contributed by atoms with van der Waals surface area (Å²) in [5.74, 6) is 0.843. The molecule has 0 amide bonds. The summed E-state index contributed by atoms with van der Waals surface area (Å²) in [5, 5.41) is 12.6. The smallest absolute Gasteiger partial charge is 0.116 e. The Morgan fingerprint density at radius 2 is 1.83 bits per heavy atom. The van der Waals surface area contributed by atoms with E-state index in [0.29, 0.717) is 5.92 Å². The van der Waals surface area contributed by atoms with Crippen molar-refractivity contribution in [3.8, 4) is 0 Å². The van der Waals surface area contributed by atoms with E-state index in [1.807, 2.05) is 24.8 Å². The minimum atomic E-state index is -0.462. The molecule has 1 unspecified atom stereocenters. The Kier molecular flexibility index (Phi) is 4.20. The zero-order valence-electron chi connectivity index (χ0n) is 16.9. The molecule has 0 spiro atoms. The number of pyridine rings is 1. The van der Waals surface area contributed by atoms with Gasteiger partial charge in [0.15, 0.2) is 0 Å². The normalized spacial score (nSPS) is 18.9. The van der Waals surface area contributed by atoms with Crippen LogP contribution < -0.4 is 4.90 Å². The van der Waals surface area contributed by atoms with Crippen LogP contribution >= 0.6 is 0 Å². The molecule has 3 aromatic heterocycles. The van der Waals surface area contributed by atoms with Gasteiger partial charge in [-0.15, -0.1) is 0 Å². The number of aliphatic hydroxyl groups excluding tert-OH is 1. The van der Waals surface area contributed by atoms with Gasteiger partial charge in [0, 0.05) is 30.4 Å². The standard InChI is InChI=1S/C24H25N5O/c30-24(23-19(16-4-5-16)7-6-18-12-26-15-29(18)23)17-8-10-28(11-9-17)22-3-1-2-21-20(22)13-25-14-27-21/h1-3,6-7,12-17,24,30H,4-5,8-11H2. The van der Waals surface area contributed by atoms with E-state index >= 15 is 0 Å². The van der Waals surface area contributed by atoms with Gasteiger partial charge in [0.1, 0.15) is 6.33 Å². The highest BCUT2D eigenvalue weighted by Gasteiger charge is 2.34. The van der Waals surface area contributed by atoms with Crippen molar-refractivity contribution in [2.75, 3.05) is 18.0 Å². The summed E-state index contributed by atoms with van der Waals surface area (Å²) < 4.78 is 2.10. The van der Waals surface area contributed by atoms with Crippen molar-refractivity contribution < 1.29 is 5.11 Å². The van der Waals surface area contributed by atoms with Crippen molar-refractivity contribution in [1.29, 1.82) is 0 Å². The number of fused-ring (bicyclic) bond motifs is 2. The van der Waals surface area contributed by atoms with Gasteiger partial charge in [-0.05, 0) is 61.3 Å². The van der Waals surface area contributed by atoms with Crippen molar-refractivity contribution in [1.82, 2.24) is 19.4 Å². The van der Waals surface area contributed by atoms with E-state index < -0.39 is 6.10 Å². The van der Waals surface area contributed by atoms with Crippen molar-refractivity contribution in [2.45, 2.75) is 37.7 Å². The van der Waals surface area contributed by atoms with Gasteiger partial charge >= 0.3 is 0 Å². The van der Waals surface area contributed by atoms with Crippen molar-refractivity contribution in [3.05, 3.63) is 66.6 Å². The summed E-state index contributed by atoms with van der Waals surface area (Å²) in [5.41, 5.74) is 5.59. The first kappa shape index (κ1) is 17.8. The number of rotatable bonds is 4. The van der Waals surface area contributed by atoms with Crippen LogP contribution in [0.2, 0.25) is 0 Å². The number of benzene rings is 1. The monoisotopic (exact) mass is 399 g/mol. The molecule has 2 aliphatic rings. The second kappa shape index (κ2) is 7.06. The van der Waals surface area contributed by atoms with Crippen LogP contribution in [-0.4, -0.2) is 37.5 Å². The molecular formula is C24H25N5O. The quantitative estimate of drug-likeness (QED) is 0.560. The second-order valence-electron chi connectivity index (χ2n) is 8.64. The molecular weight excluding hydrogens is 374 g/mol. The summed E-state index contributed by atoms with van der Waals surface area (Å²) in [4.78, 5) is 15.3. The van der Waals surface area contributed by atoms with Crippen LogP contribution in [0.1, 0.15) is 49.0 Å². The lowest BCUT2D eigenvalue weighted by atomic mass is 9.87. The molecule has 6 nitrogen and oxygen atoms in total. The molecule has 1 saturated carbocycles. The third-order valence-corrected chi connectivity index (χ3v) is 6.81. The molecule has 1 atom stereocenters. The highest BCUT2D eigenvalue weighted by atomic mass is 16.3. The minimum Gasteiger partial charge on any atom is -0.387 e. The van der Waals surface area contributed by atoms with E-state index in [4.69, 9.17) is 0 Å². The second-order valence-corrected chi connectivity index (χ2v) is 8.64. The minimum absolute atomic E-state index is 0.248. The van der Waals surface area contributed by atoms with E-state index in [1.165, 1.54) is 24.1 Å². The molecule has 4 heterocycles. The van der Waals surface area contributed by atoms with E-state index in [-0.39, 0.29) is 5.92 Å². The van der Waals surface area contributed by atoms with E-state index in [0.717, 1.165) is 48.0 Å².